The number of halogens is 1. The molecule has 0 bridgehead atoms. The van der Waals surface area contributed by atoms with Crippen LogP contribution in [-0.2, 0) is 0 Å². The molecule has 6 nitrogen and oxygen atoms in total. The lowest BCUT2D eigenvalue weighted by molar-refractivity contribution is 0.0697. The number of carboxylic acids is 1. The Balaban J connectivity index is 0.000000368. The smallest absolute Gasteiger partial charge is 0.337 e. The molecule has 2 aromatic heterocycles. The SMILES string of the molecule is CC=CCC.O=C(O)c1ccccc1-n1cnc2c(Cl)ncnc21. The van der Waals surface area contributed by atoms with Gasteiger partial charge in [0.15, 0.2) is 10.8 Å². The van der Waals surface area contributed by atoms with Gasteiger partial charge in [0.1, 0.15) is 18.2 Å². The molecule has 0 radical (unpaired) electrons. The predicted molar refractivity (Wildman–Crippen MR) is 93.7 cm³/mol. The van der Waals surface area contributed by atoms with Gasteiger partial charge in [-0.25, -0.2) is 19.7 Å². The lowest BCUT2D eigenvalue weighted by Crippen LogP contribution is -2.04. The molecule has 124 valence electrons. The molecule has 1 aromatic carbocycles. The van der Waals surface area contributed by atoms with Crippen LogP contribution in [0.3, 0.4) is 0 Å². The van der Waals surface area contributed by atoms with Crippen LogP contribution in [0.5, 0.6) is 0 Å². The minimum atomic E-state index is -1.02. The van der Waals surface area contributed by atoms with Gasteiger partial charge in [-0.05, 0) is 25.5 Å². The average molecular weight is 345 g/mol. The number of fused-ring (bicyclic) bond motifs is 1. The molecule has 0 aliphatic heterocycles. The van der Waals surface area contributed by atoms with Crippen LogP contribution in [0.2, 0.25) is 5.15 Å². The summed E-state index contributed by atoms with van der Waals surface area (Å²) in [6, 6.07) is 6.61. The molecular weight excluding hydrogens is 328 g/mol. The molecule has 2 heterocycles. The van der Waals surface area contributed by atoms with Gasteiger partial charge in [-0.1, -0.05) is 42.8 Å². The zero-order chi connectivity index (χ0) is 17.5. The number of hydrogen-bond acceptors (Lipinski definition) is 4. The number of allylic oxidation sites excluding steroid dienone is 2. The van der Waals surface area contributed by atoms with Gasteiger partial charge in [0.05, 0.1) is 11.3 Å². The van der Waals surface area contributed by atoms with E-state index in [4.69, 9.17) is 11.6 Å². The van der Waals surface area contributed by atoms with E-state index in [1.54, 1.807) is 22.8 Å². The number of rotatable bonds is 3. The average Bonchev–Trinajstić information content (AvgIpc) is 3.01. The summed E-state index contributed by atoms with van der Waals surface area (Å²) in [5.74, 6) is -1.02. The summed E-state index contributed by atoms with van der Waals surface area (Å²) in [5, 5.41) is 9.43. The number of para-hydroxylation sites is 1. The Morgan fingerprint density at radius 1 is 1.29 bits per heavy atom. The number of carbonyl (C=O) groups is 1. The molecule has 0 fully saturated rings. The van der Waals surface area contributed by atoms with Crippen molar-refractivity contribution in [2.24, 2.45) is 0 Å². The van der Waals surface area contributed by atoms with E-state index in [2.05, 4.69) is 34.0 Å². The first-order valence-corrected chi connectivity index (χ1v) is 7.75. The second kappa shape index (κ2) is 8.21. The molecule has 0 amide bonds. The molecule has 0 aliphatic rings. The molecule has 7 heteroatoms. The maximum atomic E-state index is 11.2. The number of hydrogen-bond donors (Lipinski definition) is 1. The monoisotopic (exact) mass is 344 g/mol. The number of carboxylic acid groups (broad SMARTS) is 1. The van der Waals surface area contributed by atoms with Crippen LogP contribution in [0.4, 0.5) is 0 Å². The van der Waals surface area contributed by atoms with Crippen LogP contribution in [-0.4, -0.2) is 30.6 Å². The number of nitrogens with zero attached hydrogens (tertiary/aromatic N) is 4. The lowest BCUT2D eigenvalue weighted by Gasteiger charge is -2.07. The van der Waals surface area contributed by atoms with Crippen LogP contribution in [0.1, 0.15) is 30.6 Å². The Bertz CT molecular complexity index is 874. The van der Waals surface area contributed by atoms with E-state index in [1.807, 2.05) is 6.92 Å². The van der Waals surface area contributed by atoms with E-state index < -0.39 is 5.97 Å². The summed E-state index contributed by atoms with van der Waals surface area (Å²) >= 11 is 5.92. The van der Waals surface area contributed by atoms with Crippen molar-refractivity contribution in [3.63, 3.8) is 0 Å². The maximum Gasteiger partial charge on any atom is 0.337 e. The molecular formula is C17H17ClN4O2. The molecule has 3 rings (SSSR count). The molecule has 24 heavy (non-hydrogen) atoms. The van der Waals surface area contributed by atoms with Crippen LogP contribution in [0.25, 0.3) is 16.9 Å². The highest BCUT2D eigenvalue weighted by Crippen LogP contribution is 2.22. The zero-order valence-electron chi connectivity index (χ0n) is 13.3. The van der Waals surface area contributed by atoms with Crippen molar-refractivity contribution in [2.75, 3.05) is 0 Å². The fraction of sp³-hybridized carbons (Fsp3) is 0.176. The fourth-order valence-corrected chi connectivity index (χ4v) is 2.26. The minimum absolute atomic E-state index is 0.163. The van der Waals surface area contributed by atoms with E-state index >= 15 is 0 Å². The molecule has 0 unspecified atom stereocenters. The van der Waals surface area contributed by atoms with E-state index in [0.29, 0.717) is 16.9 Å². The van der Waals surface area contributed by atoms with Gasteiger partial charge in [0.2, 0.25) is 0 Å². The summed E-state index contributed by atoms with van der Waals surface area (Å²) in [6.45, 7) is 4.16. The van der Waals surface area contributed by atoms with Crippen LogP contribution in [0.15, 0.2) is 49.1 Å². The molecule has 1 N–H and O–H groups in total. The van der Waals surface area contributed by atoms with Crippen molar-refractivity contribution in [3.8, 4) is 5.69 Å². The van der Waals surface area contributed by atoms with Crippen LogP contribution >= 0.6 is 11.6 Å². The van der Waals surface area contributed by atoms with Gasteiger partial charge < -0.3 is 5.11 Å². The van der Waals surface area contributed by atoms with Gasteiger partial charge in [-0.15, -0.1) is 0 Å². The third-order valence-electron chi connectivity index (χ3n) is 3.15. The largest absolute Gasteiger partial charge is 0.478 e. The highest BCUT2D eigenvalue weighted by molar-refractivity contribution is 6.33. The van der Waals surface area contributed by atoms with Crippen molar-refractivity contribution in [1.82, 2.24) is 19.5 Å². The van der Waals surface area contributed by atoms with E-state index in [1.165, 1.54) is 18.7 Å². The summed E-state index contributed by atoms with van der Waals surface area (Å²) in [4.78, 5) is 23.3. The Morgan fingerprint density at radius 3 is 2.67 bits per heavy atom. The number of aromatic carboxylic acids is 1. The van der Waals surface area contributed by atoms with Crippen molar-refractivity contribution >= 4 is 28.7 Å². The molecule has 3 aromatic rings. The van der Waals surface area contributed by atoms with Gasteiger partial charge in [0, 0.05) is 0 Å². The van der Waals surface area contributed by atoms with Crippen molar-refractivity contribution < 1.29 is 9.90 Å². The topological polar surface area (TPSA) is 80.9 Å². The summed E-state index contributed by atoms with van der Waals surface area (Å²) < 4.78 is 1.58. The highest BCUT2D eigenvalue weighted by atomic mass is 35.5. The van der Waals surface area contributed by atoms with Crippen molar-refractivity contribution in [2.45, 2.75) is 20.3 Å². The molecule has 0 spiro atoms. The van der Waals surface area contributed by atoms with Crippen LogP contribution in [0, 0.1) is 0 Å². The fourth-order valence-electron chi connectivity index (χ4n) is 2.08. The summed E-state index contributed by atoms with van der Waals surface area (Å²) in [7, 11) is 0. The standard InChI is InChI=1S/C12H7ClN4O2.C5H10/c13-10-9-11(15-5-14-10)17(6-16-9)8-4-2-1-3-7(8)12(18)19;1-3-5-4-2/h1-6H,(H,18,19);3,5H,4H2,1-2H3. The quantitative estimate of drug-likeness (QED) is 0.570. The Labute approximate surface area is 144 Å². The van der Waals surface area contributed by atoms with Gasteiger partial charge in [-0.3, -0.25) is 4.57 Å². The molecule has 0 atom stereocenters. The van der Waals surface area contributed by atoms with Crippen molar-refractivity contribution in [1.29, 1.82) is 0 Å². The third kappa shape index (κ3) is 3.78. The van der Waals surface area contributed by atoms with E-state index in [-0.39, 0.29) is 10.7 Å². The van der Waals surface area contributed by atoms with Crippen LogP contribution < -0.4 is 0 Å². The summed E-state index contributed by atoms with van der Waals surface area (Å²) in [6.07, 6.45) is 8.13. The first-order valence-electron chi connectivity index (χ1n) is 7.37. The summed E-state index contributed by atoms with van der Waals surface area (Å²) in [5.41, 5.74) is 1.54. The van der Waals surface area contributed by atoms with Crippen molar-refractivity contribution in [3.05, 3.63) is 59.8 Å². The highest BCUT2D eigenvalue weighted by Gasteiger charge is 2.15. The second-order valence-electron chi connectivity index (χ2n) is 4.75. The number of benzene rings is 1. The Hall–Kier alpha value is -2.73. The maximum absolute atomic E-state index is 11.2. The molecule has 0 aliphatic carbocycles. The lowest BCUT2D eigenvalue weighted by atomic mass is 10.2. The Morgan fingerprint density at radius 2 is 2.04 bits per heavy atom. The molecule has 0 saturated carbocycles. The van der Waals surface area contributed by atoms with Gasteiger partial charge >= 0.3 is 5.97 Å². The Kier molecular flexibility index (Phi) is 6.03. The number of imidazole rings is 1. The van der Waals surface area contributed by atoms with E-state index in [9.17, 15) is 9.90 Å². The third-order valence-corrected chi connectivity index (χ3v) is 3.43. The van der Waals surface area contributed by atoms with Gasteiger partial charge in [0.25, 0.3) is 0 Å². The normalized spacial score (nSPS) is 10.6. The first-order chi connectivity index (χ1) is 11.6. The first kappa shape index (κ1) is 17.6. The zero-order valence-corrected chi connectivity index (χ0v) is 14.1. The predicted octanol–water partition coefficient (Wildman–Crippen LogP) is 4.14. The second-order valence-corrected chi connectivity index (χ2v) is 5.11. The minimum Gasteiger partial charge on any atom is -0.478 e. The van der Waals surface area contributed by atoms with E-state index in [0.717, 1.165) is 6.42 Å². The van der Waals surface area contributed by atoms with Gasteiger partial charge in [-0.2, -0.15) is 0 Å². The number of aromatic nitrogens is 4. The molecule has 0 saturated heterocycles.